The van der Waals surface area contributed by atoms with Crippen molar-refractivity contribution in [1.29, 1.82) is 0 Å². The second-order valence-corrected chi connectivity index (χ2v) is 7.99. The first-order chi connectivity index (χ1) is 16.5. The molecule has 34 heavy (non-hydrogen) atoms. The van der Waals surface area contributed by atoms with Gasteiger partial charge in [-0.05, 0) is 38.0 Å². The van der Waals surface area contributed by atoms with E-state index < -0.39 is 5.82 Å². The molecule has 4 heterocycles. The van der Waals surface area contributed by atoms with E-state index in [1.54, 1.807) is 44.7 Å². The molecule has 0 spiro atoms. The average Bonchev–Trinajstić information content (AvgIpc) is 3.60. The lowest BCUT2D eigenvalue weighted by Crippen LogP contribution is -2.32. The monoisotopic (exact) mass is 462 g/mol. The summed E-state index contributed by atoms with van der Waals surface area (Å²) in [5.74, 6) is -0.193. The van der Waals surface area contributed by atoms with Gasteiger partial charge in [-0.15, -0.1) is 0 Å². The van der Waals surface area contributed by atoms with Crippen LogP contribution in [0.3, 0.4) is 0 Å². The average molecular weight is 462 g/mol. The molecule has 11 heteroatoms. The maximum absolute atomic E-state index is 14.6. The van der Waals surface area contributed by atoms with Crippen LogP contribution in [0.15, 0.2) is 49.2 Å². The number of amides is 3. The van der Waals surface area contributed by atoms with Gasteiger partial charge in [-0.2, -0.15) is 0 Å². The van der Waals surface area contributed by atoms with Gasteiger partial charge in [0.1, 0.15) is 5.82 Å². The molecular weight excluding hydrogens is 439 g/mol. The number of carbonyl (C=O) groups excluding carboxylic acids is 2. The normalized spacial score (nSPS) is 13.4. The molecule has 0 saturated carbocycles. The zero-order valence-electron chi connectivity index (χ0n) is 18.5. The lowest BCUT2D eigenvalue weighted by molar-refractivity contribution is 0.101. The summed E-state index contributed by atoms with van der Waals surface area (Å²) in [6.45, 7) is 3.98. The number of imidazole rings is 2. The van der Waals surface area contributed by atoms with E-state index in [1.165, 1.54) is 18.3 Å². The van der Waals surface area contributed by atoms with Crippen molar-refractivity contribution in [2.24, 2.45) is 0 Å². The van der Waals surface area contributed by atoms with Crippen LogP contribution in [-0.4, -0.2) is 53.8 Å². The number of nitrogens with one attached hydrogen (secondary N) is 2. The third-order valence-corrected chi connectivity index (χ3v) is 5.71. The van der Waals surface area contributed by atoms with Crippen molar-refractivity contribution in [3.8, 4) is 11.3 Å². The van der Waals surface area contributed by atoms with E-state index >= 15 is 0 Å². The molecule has 3 aromatic heterocycles. The molecule has 3 amide bonds. The van der Waals surface area contributed by atoms with Crippen LogP contribution >= 0.6 is 0 Å². The van der Waals surface area contributed by atoms with Crippen molar-refractivity contribution in [1.82, 2.24) is 28.8 Å². The van der Waals surface area contributed by atoms with Crippen LogP contribution in [0, 0.1) is 5.82 Å². The van der Waals surface area contributed by atoms with Gasteiger partial charge < -0.3 is 20.1 Å². The largest absolute Gasteiger partial charge is 0.327 e. The quantitative estimate of drug-likeness (QED) is 0.471. The number of likely N-dealkylation sites (tertiary alicyclic amines) is 1. The maximum atomic E-state index is 14.6. The van der Waals surface area contributed by atoms with Crippen molar-refractivity contribution in [3.63, 3.8) is 0 Å². The molecule has 1 aromatic carbocycles. The Morgan fingerprint density at radius 3 is 2.71 bits per heavy atom. The van der Waals surface area contributed by atoms with Crippen LogP contribution in [-0.2, 0) is 6.54 Å². The minimum absolute atomic E-state index is 0.198. The lowest BCUT2D eigenvalue weighted by atomic mass is 10.1. The number of nitrogens with zero attached hydrogens (tertiary/aromatic N) is 6. The van der Waals surface area contributed by atoms with Crippen LogP contribution in [0.25, 0.3) is 17.0 Å². The molecule has 0 atom stereocenters. The van der Waals surface area contributed by atoms with Gasteiger partial charge in [-0.1, -0.05) is 0 Å². The third kappa shape index (κ3) is 4.19. The molecule has 0 radical (unpaired) electrons. The third-order valence-electron chi connectivity index (χ3n) is 5.71. The molecule has 1 fully saturated rings. The fraction of sp³-hybridized carbons (Fsp3) is 0.261. The zero-order chi connectivity index (χ0) is 23.7. The van der Waals surface area contributed by atoms with E-state index in [-0.39, 0.29) is 17.5 Å². The summed E-state index contributed by atoms with van der Waals surface area (Å²) in [5, 5.41) is 5.59. The molecule has 0 unspecified atom stereocenters. The van der Waals surface area contributed by atoms with E-state index in [0.29, 0.717) is 35.2 Å². The second kappa shape index (κ2) is 8.93. The molecule has 4 aromatic rings. The Labute approximate surface area is 194 Å². The smallest absolute Gasteiger partial charge is 0.321 e. The number of aryl methyl sites for hydroxylation is 1. The maximum Gasteiger partial charge on any atom is 0.321 e. The number of urea groups is 1. The summed E-state index contributed by atoms with van der Waals surface area (Å²) in [6.07, 6.45) is 10.0. The number of benzene rings is 1. The lowest BCUT2D eigenvalue weighted by Gasteiger charge is -2.16. The highest BCUT2D eigenvalue weighted by Gasteiger charge is 2.19. The minimum atomic E-state index is -0.470. The van der Waals surface area contributed by atoms with Crippen LogP contribution < -0.4 is 10.6 Å². The molecule has 1 aliphatic rings. The fourth-order valence-electron chi connectivity index (χ4n) is 3.96. The summed E-state index contributed by atoms with van der Waals surface area (Å²) in [4.78, 5) is 39.4. The number of halogens is 1. The Morgan fingerprint density at radius 2 is 1.91 bits per heavy atom. The van der Waals surface area contributed by atoms with Gasteiger partial charge in [0.2, 0.25) is 5.78 Å². The highest BCUT2D eigenvalue weighted by atomic mass is 19.1. The predicted molar refractivity (Wildman–Crippen MR) is 124 cm³/mol. The Bertz CT molecular complexity index is 1370. The Kier molecular flexibility index (Phi) is 5.66. The Hall–Kier alpha value is -4.28. The van der Waals surface area contributed by atoms with E-state index in [1.807, 2.05) is 6.92 Å². The summed E-state index contributed by atoms with van der Waals surface area (Å²) >= 11 is 0. The predicted octanol–water partition coefficient (Wildman–Crippen LogP) is 3.63. The first kappa shape index (κ1) is 21.6. The number of hydrogen-bond donors (Lipinski definition) is 2. The van der Waals surface area contributed by atoms with E-state index in [4.69, 9.17) is 0 Å². The topological polar surface area (TPSA) is 109 Å². The van der Waals surface area contributed by atoms with Crippen LogP contribution in [0.2, 0.25) is 0 Å². The van der Waals surface area contributed by atoms with Crippen molar-refractivity contribution in [3.05, 3.63) is 60.8 Å². The fourth-order valence-corrected chi connectivity index (χ4v) is 3.96. The molecular formula is C23H23FN8O2. The molecule has 5 rings (SSSR count). The van der Waals surface area contributed by atoms with E-state index in [9.17, 15) is 14.0 Å². The molecule has 1 aliphatic heterocycles. The number of carbonyl (C=O) groups is 2. The van der Waals surface area contributed by atoms with Gasteiger partial charge in [0.25, 0.3) is 5.91 Å². The van der Waals surface area contributed by atoms with Crippen LogP contribution in [0.1, 0.15) is 30.4 Å². The number of hydrogen-bond acceptors (Lipinski definition) is 5. The summed E-state index contributed by atoms with van der Waals surface area (Å²) in [7, 11) is 0. The van der Waals surface area contributed by atoms with Gasteiger partial charge in [0.15, 0.2) is 5.82 Å². The standard InChI is InChI=1S/C23H23FN8O2/c1-2-30-10-7-25-20(30)21(33)27-16-12-26-22-29-19(14-32(22)13-16)17-11-15(5-6-18(17)24)28-23(34)31-8-3-4-9-31/h5-7,10-14H,2-4,8-9H2,1H3,(H,27,33)(H,28,34). The highest BCUT2D eigenvalue weighted by Crippen LogP contribution is 2.26. The van der Waals surface area contributed by atoms with Crippen molar-refractivity contribution in [2.45, 2.75) is 26.3 Å². The van der Waals surface area contributed by atoms with Gasteiger partial charge in [0, 0.05) is 55.7 Å². The molecule has 2 N–H and O–H groups in total. The number of aromatic nitrogens is 5. The molecule has 174 valence electrons. The zero-order valence-corrected chi connectivity index (χ0v) is 18.5. The first-order valence-electron chi connectivity index (χ1n) is 11.0. The highest BCUT2D eigenvalue weighted by molar-refractivity contribution is 6.01. The Balaban J connectivity index is 1.38. The number of rotatable bonds is 5. The van der Waals surface area contributed by atoms with Crippen LogP contribution in [0.5, 0.6) is 0 Å². The Morgan fingerprint density at radius 1 is 1.09 bits per heavy atom. The van der Waals surface area contributed by atoms with Crippen molar-refractivity contribution in [2.75, 3.05) is 23.7 Å². The van der Waals surface area contributed by atoms with Crippen molar-refractivity contribution >= 4 is 29.1 Å². The van der Waals surface area contributed by atoms with Crippen LogP contribution in [0.4, 0.5) is 20.6 Å². The van der Waals surface area contributed by atoms with E-state index in [2.05, 4.69) is 25.6 Å². The van der Waals surface area contributed by atoms with Gasteiger partial charge in [-0.3, -0.25) is 9.20 Å². The first-order valence-corrected chi connectivity index (χ1v) is 11.0. The van der Waals surface area contributed by atoms with Gasteiger partial charge in [-0.25, -0.2) is 24.1 Å². The summed E-state index contributed by atoms with van der Waals surface area (Å²) < 4.78 is 18.0. The van der Waals surface area contributed by atoms with Gasteiger partial charge >= 0.3 is 6.03 Å². The van der Waals surface area contributed by atoms with Crippen molar-refractivity contribution < 1.29 is 14.0 Å². The molecule has 0 aliphatic carbocycles. The summed E-state index contributed by atoms with van der Waals surface area (Å²) in [5.41, 5.74) is 1.52. The SMILES string of the molecule is CCn1ccnc1C(=O)Nc1cnc2nc(-c3cc(NC(=O)N4CCCC4)ccc3F)cn2c1. The van der Waals surface area contributed by atoms with E-state index in [0.717, 1.165) is 25.9 Å². The molecule has 0 bridgehead atoms. The van der Waals surface area contributed by atoms with Gasteiger partial charge in [0.05, 0.1) is 17.6 Å². The number of fused-ring (bicyclic) bond motifs is 1. The number of anilines is 2. The summed E-state index contributed by atoms with van der Waals surface area (Å²) in [6, 6.07) is 4.18. The minimum Gasteiger partial charge on any atom is -0.327 e. The molecule has 10 nitrogen and oxygen atoms in total. The molecule has 1 saturated heterocycles. The second-order valence-electron chi connectivity index (χ2n) is 7.99.